The third-order valence-electron chi connectivity index (χ3n) is 5.77. The Hall–Kier alpha value is -2.39. The summed E-state index contributed by atoms with van der Waals surface area (Å²) >= 11 is 0. The third-order valence-corrected chi connectivity index (χ3v) is 5.77. The van der Waals surface area contributed by atoms with E-state index in [2.05, 4.69) is 35.6 Å². The van der Waals surface area contributed by atoms with Gasteiger partial charge in [0, 0.05) is 17.6 Å². The van der Waals surface area contributed by atoms with Crippen molar-refractivity contribution in [3.8, 4) is 0 Å². The van der Waals surface area contributed by atoms with Crippen LogP contribution >= 0.6 is 0 Å². The van der Waals surface area contributed by atoms with E-state index in [9.17, 15) is 4.79 Å². The lowest BCUT2D eigenvalue weighted by atomic mass is 9.87. The van der Waals surface area contributed by atoms with Crippen molar-refractivity contribution >= 4 is 11.5 Å². The molecule has 2 fully saturated rings. The zero-order valence-electron chi connectivity index (χ0n) is 15.1. The van der Waals surface area contributed by atoms with Gasteiger partial charge in [-0.05, 0) is 67.4 Å². The average molecular weight is 346 g/mol. The van der Waals surface area contributed by atoms with Gasteiger partial charge in [0.05, 0.1) is 0 Å². The first-order chi connectivity index (χ1) is 12.7. The summed E-state index contributed by atoms with van der Waals surface area (Å²) in [6.45, 7) is 0. The normalized spacial score (nSPS) is 21.6. The predicted octanol–water partition coefficient (Wildman–Crippen LogP) is 4.09. The van der Waals surface area contributed by atoms with Crippen LogP contribution in [0.3, 0.4) is 0 Å². The van der Waals surface area contributed by atoms with Crippen LogP contribution in [0.1, 0.15) is 53.6 Å². The topological polar surface area (TPSA) is 55.1 Å². The van der Waals surface area contributed by atoms with Crippen molar-refractivity contribution in [3.63, 3.8) is 0 Å². The molecule has 0 aliphatic carbocycles. The highest BCUT2D eigenvalue weighted by molar-refractivity contribution is 5.92. The van der Waals surface area contributed by atoms with E-state index < -0.39 is 0 Å². The van der Waals surface area contributed by atoms with Crippen LogP contribution in [0.15, 0.2) is 60.2 Å². The van der Waals surface area contributed by atoms with Crippen LogP contribution in [0, 0.1) is 0 Å². The van der Waals surface area contributed by atoms with Crippen molar-refractivity contribution in [3.05, 3.63) is 76.9 Å². The molecule has 0 radical (unpaired) electrons. The molecule has 2 aromatic carbocycles. The minimum atomic E-state index is -0.367. The zero-order valence-corrected chi connectivity index (χ0v) is 15.1. The Balaban J connectivity index is 1.57. The van der Waals surface area contributed by atoms with Crippen LogP contribution < -0.4 is 11.1 Å². The molecular formula is C23H26N2O. The molecule has 0 spiro atoms. The molecule has 2 atom stereocenters. The molecule has 2 heterocycles. The number of piperidine rings is 1. The number of fused-ring (bicyclic) bond motifs is 2. The Kier molecular flexibility index (Phi) is 4.89. The van der Waals surface area contributed by atoms with Gasteiger partial charge in [-0.25, -0.2) is 0 Å². The second-order valence-corrected chi connectivity index (χ2v) is 7.56. The molecule has 0 saturated carbocycles. The number of carbonyl (C=O) groups excluding carboxylic acids is 1. The number of rotatable bonds is 5. The van der Waals surface area contributed by atoms with Gasteiger partial charge < -0.3 is 11.1 Å². The van der Waals surface area contributed by atoms with Gasteiger partial charge in [-0.15, -0.1) is 0 Å². The first kappa shape index (κ1) is 17.0. The van der Waals surface area contributed by atoms with Gasteiger partial charge >= 0.3 is 0 Å². The van der Waals surface area contributed by atoms with Crippen LogP contribution in [0.25, 0.3) is 5.57 Å². The van der Waals surface area contributed by atoms with Crippen molar-refractivity contribution in [1.82, 2.24) is 5.32 Å². The maximum atomic E-state index is 11.2. The molecular weight excluding hydrogens is 320 g/mol. The van der Waals surface area contributed by atoms with Crippen LogP contribution in [0.4, 0.5) is 0 Å². The highest BCUT2D eigenvalue weighted by Crippen LogP contribution is 2.36. The standard InChI is InChI=1S/C23H26N2O/c24-23(26)18-9-6-16(7-10-18)8-13-22(17-4-2-1-3-5-17)19-14-20-11-12-21(15-19)25-20/h1-7,9-10,20-21,25H,8,11-15H2,(H2,24,26). The van der Waals surface area contributed by atoms with Crippen LogP contribution in [0.5, 0.6) is 0 Å². The van der Waals surface area contributed by atoms with E-state index in [1.165, 1.54) is 42.4 Å². The van der Waals surface area contributed by atoms with E-state index in [1.807, 2.05) is 24.3 Å². The summed E-state index contributed by atoms with van der Waals surface area (Å²) < 4.78 is 0. The highest BCUT2D eigenvalue weighted by atomic mass is 16.1. The maximum Gasteiger partial charge on any atom is 0.248 e. The lowest BCUT2D eigenvalue weighted by Gasteiger charge is -2.27. The number of hydrogen-bond donors (Lipinski definition) is 2. The minimum absolute atomic E-state index is 0.367. The fourth-order valence-corrected chi connectivity index (χ4v) is 4.42. The quantitative estimate of drug-likeness (QED) is 0.857. The maximum absolute atomic E-state index is 11.2. The van der Waals surface area contributed by atoms with Gasteiger partial charge in [0.1, 0.15) is 0 Å². The SMILES string of the molecule is NC(=O)c1ccc(CCC(=C2CC3CCC(C2)N3)c2ccccc2)cc1. The van der Waals surface area contributed by atoms with Crippen LogP contribution in [0.2, 0.25) is 0 Å². The number of nitrogens with two attached hydrogens (primary N) is 1. The van der Waals surface area contributed by atoms with E-state index in [1.54, 1.807) is 5.57 Å². The Morgan fingerprint density at radius 1 is 0.923 bits per heavy atom. The molecule has 3 nitrogen and oxygen atoms in total. The van der Waals surface area contributed by atoms with Crippen molar-refractivity contribution in [1.29, 1.82) is 0 Å². The first-order valence-corrected chi connectivity index (χ1v) is 9.60. The Morgan fingerprint density at radius 3 is 2.19 bits per heavy atom. The van der Waals surface area contributed by atoms with Crippen molar-refractivity contribution in [2.24, 2.45) is 5.73 Å². The number of benzene rings is 2. The smallest absolute Gasteiger partial charge is 0.248 e. The van der Waals surface area contributed by atoms with Gasteiger partial charge in [-0.2, -0.15) is 0 Å². The molecule has 2 aliphatic rings. The molecule has 2 bridgehead atoms. The number of allylic oxidation sites excluding steroid dienone is 1. The monoisotopic (exact) mass is 346 g/mol. The summed E-state index contributed by atoms with van der Waals surface area (Å²) in [5.74, 6) is -0.367. The van der Waals surface area contributed by atoms with Crippen molar-refractivity contribution < 1.29 is 4.79 Å². The van der Waals surface area contributed by atoms with Crippen LogP contribution in [-0.2, 0) is 6.42 Å². The number of carbonyl (C=O) groups is 1. The molecule has 2 saturated heterocycles. The molecule has 2 aliphatic heterocycles. The molecule has 1 amide bonds. The molecule has 26 heavy (non-hydrogen) atoms. The molecule has 3 heteroatoms. The van der Waals surface area contributed by atoms with Gasteiger partial charge in [0.2, 0.25) is 5.91 Å². The minimum Gasteiger partial charge on any atom is -0.366 e. The molecule has 4 rings (SSSR count). The summed E-state index contributed by atoms with van der Waals surface area (Å²) in [6, 6.07) is 19.9. The van der Waals surface area contributed by atoms with Crippen molar-refractivity contribution in [2.75, 3.05) is 0 Å². The number of amides is 1. The van der Waals surface area contributed by atoms with E-state index in [4.69, 9.17) is 5.73 Å². The predicted molar refractivity (Wildman–Crippen MR) is 106 cm³/mol. The van der Waals surface area contributed by atoms with Crippen molar-refractivity contribution in [2.45, 2.75) is 50.6 Å². The Labute approximate surface area is 155 Å². The van der Waals surface area contributed by atoms with E-state index >= 15 is 0 Å². The number of hydrogen-bond acceptors (Lipinski definition) is 2. The van der Waals surface area contributed by atoms with Gasteiger partial charge in [-0.3, -0.25) is 4.79 Å². The Bertz CT molecular complexity index is 794. The largest absolute Gasteiger partial charge is 0.366 e. The summed E-state index contributed by atoms with van der Waals surface area (Å²) in [5.41, 5.74) is 11.7. The molecule has 2 aromatic rings. The summed E-state index contributed by atoms with van der Waals surface area (Å²) in [7, 11) is 0. The molecule has 3 N–H and O–H groups in total. The zero-order chi connectivity index (χ0) is 17.9. The summed E-state index contributed by atoms with van der Waals surface area (Å²) in [5, 5.41) is 3.74. The average Bonchev–Trinajstić information content (AvgIpc) is 3.01. The van der Waals surface area contributed by atoms with Gasteiger partial charge in [0.15, 0.2) is 0 Å². The van der Waals surface area contributed by atoms with E-state index in [0.717, 1.165) is 12.8 Å². The summed E-state index contributed by atoms with van der Waals surface area (Å²) in [6.07, 6.45) is 7.00. The first-order valence-electron chi connectivity index (χ1n) is 9.60. The lowest BCUT2D eigenvalue weighted by molar-refractivity contribution is 0.100. The number of aryl methyl sites for hydroxylation is 1. The highest BCUT2D eigenvalue weighted by Gasteiger charge is 2.31. The summed E-state index contributed by atoms with van der Waals surface area (Å²) in [4.78, 5) is 11.2. The van der Waals surface area contributed by atoms with E-state index in [-0.39, 0.29) is 5.91 Å². The number of primary amides is 1. The Morgan fingerprint density at radius 2 is 1.58 bits per heavy atom. The molecule has 0 aromatic heterocycles. The van der Waals surface area contributed by atoms with Crippen LogP contribution in [-0.4, -0.2) is 18.0 Å². The van der Waals surface area contributed by atoms with E-state index in [0.29, 0.717) is 17.6 Å². The van der Waals surface area contributed by atoms with Gasteiger partial charge in [0.25, 0.3) is 0 Å². The van der Waals surface area contributed by atoms with Gasteiger partial charge in [-0.1, -0.05) is 48.0 Å². The fourth-order valence-electron chi connectivity index (χ4n) is 4.42. The molecule has 134 valence electrons. The fraction of sp³-hybridized carbons (Fsp3) is 0.348. The second-order valence-electron chi connectivity index (χ2n) is 7.56. The molecule has 2 unspecified atom stereocenters. The third kappa shape index (κ3) is 3.73. The second kappa shape index (κ2) is 7.46. The number of nitrogens with one attached hydrogen (secondary N) is 1. The lowest BCUT2D eigenvalue weighted by Crippen LogP contribution is -2.35.